The van der Waals surface area contributed by atoms with E-state index in [1.807, 2.05) is 35.0 Å². The van der Waals surface area contributed by atoms with E-state index in [0.717, 1.165) is 30.6 Å². The monoisotopic (exact) mass is 498 g/mol. The molecule has 0 aliphatic heterocycles. The molecule has 1 aliphatic carbocycles. The number of carbonyl (C=O) groups is 2. The highest BCUT2D eigenvalue weighted by molar-refractivity contribution is 7.12. The van der Waals surface area contributed by atoms with Crippen molar-refractivity contribution in [1.29, 1.82) is 0 Å². The molecule has 1 atom stereocenters. The van der Waals surface area contributed by atoms with Crippen molar-refractivity contribution in [2.45, 2.75) is 50.7 Å². The third-order valence-corrected chi connectivity index (χ3v) is 7.86. The van der Waals surface area contributed by atoms with Gasteiger partial charge >= 0.3 is 0 Å². The molecule has 0 radical (unpaired) electrons. The first-order valence-electron chi connectivity index (χ1n) is 11.5. The van der Waals surface area contributed by atoms with E-state index in [4.69, 9.17) is 9.47 Å². The molecule has 1 saturated carbocycles. The molecular weight excluding hydrogens is 468 g/mol. The lowest BCUT2D eigenvalue weighted by atomic mass is 9.94. The molecule has 180 valence electrons. The number of ether oxygens (including phenoxy) is 2. The third kappa shape index (κ3) is 5.62. The number of hydrogen-bond acceptors (Lipinski definition) is 6. The molecule has 4 rings (SSSR count). The normalized spacial score (nSPS) is 14.9. The molecule has 34 heavy (non-hydrogen) atoms. The predicted molar refractivity (Wildman–Crippen MR) is 136 cm³/mol. The minimum Gasteiger partial charge on any atom is -0.497 e. The Morgan fingerprint density at radius 2 is 1.79 bits per heavy atom. The Labute approximate surface area is 208 Å². The number of rotatable bonds is 9. The number of hydrogen-bond donors (Lipinski definition) is 1. The molecule has 1 N–H and O–H groups in total. The van der Waals surface area contributed by atoms with Crippen molar-refractivity contribution in [1.82, 2.24) is 10.2 Å². The Kier molecular flexibility index (Phi) is 8.24. The predicted octanol–water partition coefficient (Wildman–Crippen LogP) is 5.66. The summed E-state index contributed by atoms with van der Waals surface area (Å²) >= 11 is 2.95. The molecule has 8 heteroatoms. The maximum absolute atomic E-state index is 13.9. The lowest BCUT2D eigenvalue weighted by Crippen LogP contribution is -2.46. The molecule has 1 fully saturated rings. The molecule has 0 saturated heterocycles. The van der Waals surface area contributed by atoms with Gasteiger partial charge in [-0.05, 0) is 47.9 Å². The second-order valence-electron chi connectivity index (χ2n) is 8.34. The van der Waals surface area contributed by atoms with Gasteiger partial charge in [0.2, 0.25) is 5.91 Å². The van der Waals surface area contributed by atoms with Crippen molar-refractivity contribution in [3.63, 3.8) is 0 Å². The Morgan fingerprint density at radius 1 is 1.03 bits per heavy atom. The van der Waals surface area contributed by atoms with Gasteiger partial charge in [0.25, 0.3) is 5.91 Å². The van der Waals surface area contributed by atoms with Crippen LogP contribution in [0.15, 0.2) is 53.2 Å². The van der Waals surface area contributed by atoms with Gasteiger partial charge in [0.1, 0.15) is 17.5 Å². The van der Waals surface area contributed by atoms with E-state index in [1.54, 1.807) is 48.7 Å². The second-order valence-corrected chi connectivity index (χ2v) is 10.3. The molecule has 3 aromatic rings. The van der Waals surface area contributed by atoms with Crippen molar-refractivity contribution < 1.29 is 19.1 Å². The van der Waals surface area contributed by atoms with E-state index in [2.05, 4.69) is 5.32 Å². The Hall–Kier alpha value is -2.84. The van der Waals surface area contributed by atoms with E-state index in [9.17, 15) is 9.59 Å². The number of carbonyl (C=O) groups excluding carboxylic acids is 2. The van der Waals surface area contributed by atoms with E-state index in [-0.39, 0.29) is 17.9 Å². The first kappa shape index (κ1) is 24.3. The SMILES string of the molecule is COc1ccc([C@@H](C(=O)NC2CCCCC2)N(Cc2cccs2)C(=O)c2cccs2)c(OC)c1. The molecule has 0 spiro atoms. The van der Waals surface area contributed by atoms with Crippen LogP contribution in [-0.4, -0.2) is 37.0 Å². The number of nitrogens with one attached hydrogen (secondary N) is 1. The van der Waals surface area contributed by atoms with Gasteiger partial charge in [-0.2, -0.15) is 0 Å². The number of thiophene rings is 2. The van der Waals surface area contributed by atoms with Crippen molar-refractivity contribution in [2.24, 2.45) is 0 Å². The van der Waals surface area contributed by atoms with E-state index in [1.165, 1.54) is 17.8 Å². The van der Waals surface area contributed by atoms with E-state index < -0.39 is 6.04 Å². The van der Waals surface area contributed by atoms with Crippen LogP contribution < -0.4 is 14.8 Å². The quantitative estimate of drug-likeness (QED) is 0.413. The average molecular weight is 499 g/mol. The zero-order chi connectivity index (χ0) is 23.9. The number of methoxy groups -OCH3 is 2. The maximum atomic E-state index is 13.9. The fraction of sp³-hybridized carbons (Fsp3) is 0.385. The van der Waals surface area contributed by atoms with Crippen LogP contribution in [0.5, 0.6) is 11.5 Å². The standard InChI is InChI=1S/C26H30N2O4S2/c1-31-19-12-13-21(22(16-19)32-2)24(25(29)27-18-8-4-3-5-9-18)28(17-20-10-6-14-33-20)26(30)23-11-7-15-34-23/h6-7,10-16,18,24H,3-5,8-9,17H2,1-2H3,(H,27,29)/t24-/m0/s1. The van der Waals surface area contributed by atoms with Crippen molar-refractivity contribution in [3.05, 3.63) is 68.5 Å². The molecule has 1 aromatic carbocycles. The molecule has 1 aliphatic rings. The van der Waals surface area contributed by atoms with Crippen molar-refractivity contribution >= 4 is 34.5 Å². The van der Waals surface area contributed by atoms with Gasteiger partial charge in [-0.25, -0.2) is 0 Å². The summed E-state index contributed by atoms with van der Waals surface area (Å²) in [4.78, 5) is 30.9. The summed E-state index contributed by atoms with van der Waals surface area (Å²) in [7, 11) is 3.16. The van der Waals surface area contributed by atoms with Crippen LogP contribution in [0.1, 0.15) is 58.3 Å². The zero-order valence-electron chi connectivity index (χ0n) is 19.5. The van der Waals surface area contributed by atoms with Gasteiger partial charge < -0.3 is 19.7 Å². The third-order valence-electron chi connectivity index (χ3n) is 6.15. The lowest BCUT2D eigenvalue weighted by Gasteiger charge is -2.33. The zero-order valence-corrected chi connectivity index (χ0v) is 21.1. The summed E-state index contributed by atoms with van der Waals surface area (Å²) in [5, 5.41) is 7.10. The van der Waals surface area contributed by atoms with Crippen molar-refractivity contribution in [2.75, 3.05) is 14.2 Å². The summed E-state index contributed by atoms with van der Waals surface area (Å²) in [6, 6.07) is 12.3. The van der Waals surface area contributed by atoms with Crippen LogP contribution in [0.25, 0.3) is 0 Å². The van der Waals surface area contributed by atoms with Crippen molar-refractivity contribution in [3.8, 4) is 11.5 Å². The molecule has 2 amide bonds. The molecule has 2 heterocycles. The number of benzene rings is 1. The van der Waals surface area contributed by atoms with E-state index in [0.29, 0.717) is 28.5 Å². The van der Waals surface area contributed by atoms with Crippen LogP contribution in [0.3, 0.4) is 0 Å². The largest absolute Gasteiger partial charge is 0.497 e. The molecular formula is C26H30N2O4S2. The van der Waals surface area contributed by atoms with Gasteiger partial charge in [0.15, 0.2) is 0 Å². The summed E-state index contributed by atoms with van der Waals surface area (Å²) in [6.45, 7) is 0.326. The van der Waals surface area contributed by atoms with E-state index >= 15 is 0 Å². The van der Waals surface area contributed by atoms with Gasteiger partial charge in [-0.3, -0.25) is 9.59 Å². The summed E-state index contributed by atoms with van der Waals surface area (Å²) in [6.07, 6.45) is 5.33. The minimum atomic E-state index is -0.848. The second kappa shape index (κ2) is 11.5. The molecule has 0 unspecified atom stereocenters. The number of amides is 2. The van der Waals surface area contributed by atoms with Crippen LogP contribution in [-0.2, 0) is 11.3 Å². The molecule has 0 bridgehead atoms. The lowest BCUT2D eigenvalue weighted by molar-refractivity contribution is -0.127. The Balaban J connectivity index is 1.77. The fourth-order valence-corrected chi connectivity index (χ4v) is 5.80. The smallest absolute Gasteiger partial charge is 0.265 e. The minimum absolute atomic E-state index is 0.119. The number of nitrogens with zero attached hydrogens (tertiary/aromatic N) is 1. The highest BCUT2D eigenvalue weighted by Gasteiger charge is 2.36. The summed E-state index contributed by atoms with van der Waals surface area (Å²) in [5.41, 5.74) is 0.637. The van der Waals surface area contributed by atoms with Gasteiger partial charge in [0, 0.05) is 22.5 Å². The first-order chi connectivity index (χ1) is 16.6. The molecule has 2 aromatic heterocycles. The topological polar surface area (TPSA) is 67.9 Å². The van der Waals surface area contributed by atoms with Crippen LogP contribution in [0, 0.1) is 0 Å². The van der Waals surface area contributed by atoms with Crippen LogP contribution in [0.4, 0.5) is 0 Å². The highest BCUT2D eigenvalue weighted by atomic mass is 32.1. The van der Waals surface area contributed by atoms with Crippen LogP contribution in [0.2, 0.25) is 0 Å². The summed E-state index contributed by atoms with van der Waals surface area (Å²) < 4.78 is 11.0. The Bertz CT molecular complexity index is 1080. The van der Waals surface area contributed by atoms with Gasteiger partial charge in [-0.1, -0.05) is 31.4 Å². The van der Waals surface area contributed by atoms with Gasteiger partial charge in [0.05, 0.1) is 25.6 Å². The van der Waals surface area contributed by atoms with Gasteiger partial charge in [-0.15, -0.1) is 22.7 Å². The summed E-state index contributed by atoms with van der Waals surface area (Å²) in [5.74, 6) is 0.779. The highest BCUT2D eigenvalue weighted by Crippen LogP contribution is 2.36. The Morgan fingerprint density at radius 3 is 2.44 bits per heavy atom. The fourth-order valence-electron chi connectivity index (χ4n) is 4.41. The maximum Gasteiger partial charge on any atom is 0.265 e. The molecule has 6 nitrogen and oxygen atoms in total. The average Bonchev–Trinajstić information content (AvgIpc) is 3.58. The van der Waals surface area contributed by atoms with Crippen LogP contribution >= 0.6 is 22.7 Å². The first-order valence-corrected chi connectivity index (χ1v) is 13.3.